The lowest BCUT2D eigenvalue weighted by molar-refractivity contribution is 0.597. The summed E-state index contributed by atoms with van der Waals surface area (Å²) < 4.78 is 23.3. The number of nitrogens with two attached hydrogens (primary N) is 1. The molecular weight excluding hydrogens is 282 g/mol. The molecule has 0 bridgehead atoms. The van der Waals surface area contributed by atoms with Crippen molar-refractivity contribution in [2.45, 2.75) is 13.3 Å². The van der Waals surface area contributed by atoms with E-state index in [9.17, 15) is 8.42 Å². The number of hydrogen-bond donors (Lipinski definition) is 1. The largest absolute Gasteiger partial charge is 0.389 e. The van der Waals surface area contributed by atoms with Gasteiger partial charge in [-0.05, 0) is 25.5 Å². The second-order valence-electron chi connectivity index (χ2n) is 4.68. The Morgan fingerprint density at radius 1 is 1.37 bits per heavy atom. The van der Waals surface area contributed by atoms with Crippen LogP contribution < -0.4 is 10.6 Å². The van der Waals surface area contributed by atoms with Gasteiger partial charge in [0.05, 0.1) is 17.1 Å². The smallest absolute Gasteiger partial charge is 0.152 e. The molecule has 19 heavy (non-hydrogen) atoms. The van der Waals surface area contributed by atoms with Crippen LogP contribution in [-0.2, 0) is 9.84 Å². The van der Waals surface area contributed by atoms with Gasteiger partial charge in [0, 0.05) is 18.8 Å². The maximum Gasteiger partial charge on any atom is 0.152 e. The van der Waals surface area contributed by atoms with Crippen LogP contribution in [0.15, 0.2) is 12.1 Å². The van der Waals surface area contributed by atoms with Crippen molar-refractivity contribution in [3.05, 3.63) is 23.4 Å². The Balaban J connectivity index is 2.35. The molecule has 0 aromatic carbocycles. The monoisotopic (exact) mass is 299 g/mol. The Morgan fingerprint density at radius 2 is 2.11 bits per heavy atom. The van der Waals surface area contributed by atoms with E-state index >= 15 is 0 Å². The van der Waals surface area contributed by atoms with Gasteiger partial charge < -0.3 is 10.6 Å². The summed E-state index contributed by atoms with van der Waals surface area (Å²) in [7, 11) is -2.94. The molecule has 2 heterocycles. The molecule has 0 amide bonds. The number of aromatic nitrogens is 1. The highest BCUT2D eigenvalue weighted by Gasteiger charge is 2.22. The van der Waals surface area contributed by atoms with E-state index < -0.39 is 9.84 Å². The van der Waals surface area contributed by atoms with Crippen LogP contribution in [0.1, 0.15) is 17.7 Å². The number of thiocarbonyl (C=S) groups is 1. The molecule has 0 spiro atoms. The summed E-state index contributed by atoms with van der Waals surface area (Å²) in [5.41, 5.74) is 7.28. The average Bonchev–Trinajstić information content (AvgIpc) is 2.49. The van der Waals surface area contributed by atoms with Gasteiger partial charge in [0.15, 0.2) is 9.84 Å². The molecule has 5 nitrogen and oxygen atoms in total. The topological polar surface area (TPSA) is 76.3 Å². The molecule has 1 fully saturated rings. The van der Waals surface area contributed by atoms with Crippen molar-refractivity contribution in [1.29, 1.82) is 0 Å². The summed E-state index contributed by atoms with van der Waals surface area (Å²) in [6.45, 7) is 2.99. The SMILES string of the molecule is Cc1ccc(C(N)=S)c(N2CCCS(=O)(=O)CC2)n1. The first kappa shape index (κ1) is 14.2. The second-order valence-corrected chi connectivity index (χ2v) is 7.42. The molecule has 2 rings (SSSR count). The van der Waals surface area contributed by atoms with E-state index in [1.54, 1.807) is 0 Å². The molecule has 1 saturated heterocycles. The van der Waals surface area contributed by atoms with Crippen LogP contribution in [0.4, 0.5) is 5.82 Å². The van der Waals surface area contributed by atoms with Crippen molar-refractivity contribution in [3.63, 3.8) is 0 Å². The molecule has 0 saturated carbocycles. The van der Waals surface area contributed by atoms with E-state index in [0.29, 0.717) is 30.9 Å². The van der Waals surface area contributed by atoms with E-state index in [2.05, 4.69) is 4.98 Å². The van der Waals surface area contributed by atoms with Gasteiger partial charge >= 0.3 is 0 Å². The van der Waals surface area contributed by atoms with Crippen molar-refractivity contribution in [2.24, 2.45) is 5.73 Å². The number of anilines is 1. The third kappa shape index (κ3) is 3.42. The maximum atomic E-state index is 11.6. The Kier molecular flexibility index (Phi) is 4.05. The molecule has 1 aliphatic heterocycles. The van der Waals surface area contributed by atoms with Crippen molar-refractivity contribution < 1.29 is 8.42 Å². The van der Waals surface area contributed by atoms with Gasteiger partial charge in [-0.1, -0.05) is 12.2 Å². The molecule has 0 unspecified atom stereocenters. The molecule has 7 heteroatoms. The fourth-order valence-corrected chi connectivity index (χ4v) is 3.56. The molecule has 0 radical (unpaired) electrons. The second kappa shape index (κ2) is 5.42. The van der Waals surface area contributed by atoms with E-state index in [4.69, 9.17) is 18.0 Å². The standard InChI is InChI=1S/C12H17N3O2S2/c1-9-3-4-10(11(13)18)12(14-9)15-5-2-7-19(16,17)8-6-15/h3-4H,2,5-8H2,1H3,(H2,13,18). The predicted octanol–water partition coefficient (Wildman–Crippen LogP) is 0.649. The lowest BCUT2D eigenvalue weighted by atomic mass is 10.2. The Labute approximate surface area is 118 Å². The van der Waals surface area contributed by atoms with E-state index in [1.165, 1.54) is 0 Å². The molecule has 1 aromatic rings. The zero-order valence-corrected chi connectivity index (χ0v) is 12.4. The van der Waals surface area contributed by atoms with Gasteiger partial charge in [-0.2, -0.15) is 0 Å². The van der Waals surface area contributed by atoms with Gasteiger partial charge in [-0.15, -0.1) is 0 Å². The van der Waals surface area contributed by atoms with Gasteiger partial charge in [0.25, 0.3) is 0 Å². The fourth-order valence-electron chi connectivity index (χ4n) is 2.13. The maximum absolute atomic E-state index is 11.6. The highest BCUT2D eigenvalue weighted by atomic mass is 32.2. The quantitative estimate of drug-likeness (QED) is 0.808. The van der Waals surface area contributed by atoms with Gasteiger partial charge in [0.2, 0.25) is 0 Å². The molecular formula is C12H17N3O2S2. The Morgan fingerprint density at radius 3 is 2.79 bits per heavy atom. The number of pyridine rings is 1. The van der Waals surface area contributed by atoms with Crippen molar-refractivity contribution in [1.82, 2.24) is 4.98 Å². The predicted molar refractivity (Wildman–Crippen MR) is 80.3 cm³/mol. The number of rotatable bonds is 2. The van der Waals surface area contributed by atoms with E-state index in [-0.39, 0.29) is 16.5 Å². The average molecular weight is 299 g/mol. The lowest BCUT2D eigenvalue weighted by Crippen LogP contribution is -2.30. The number of aryl methyl sites for hydroxylation is 1. The fraction of sp³-hybridized carbons (Fsp3) is 0.500. The van der Waals surface area contributed by atoms with Gasteiger partial charge in [0.1, 0.15) is 10.8 Å². The highest BCUT2D eigenvalue weighted by Crippen LogP contribution is 2.20. The lowest BCUT2D eigenvalue weighted by Gasteiger charge is -2.23. The van der Waals surface area contributed by atoms with Gasteiger partial charge in [-0.25, -0.2) is 13.4 Å². The van der Waals surface area contributed by atoms with Crippen LogP contribution in [0.5, 0.6) is 0 Å². The van der Waals surface area contributed by atoms with E-state index in [1.807, 2.05) is 24.0 Å². The minimum absolute atomic E-state index is 0.152. The van der Waals surface area contributed by atoms with Crippen molar-refractivity contribution >= 4 is 32.9 Å². The summed E-state index contributed by atoms with van der Waals surface area (Å²) >= 11 is 5.03. The van der Waals surface area contributed by atoms with E-state index in [0.717, 1.165) is 5.69 Å². The van der Waals surface area contributed by atoms with Crippen LogP contribution in [0, 0.1) is 6.92 Å². The minimum Gasteiger partial charge on any atom is -0.389 e. The first-order valence-corrected chi connectivity index (χ1v) is 8.35. The van der Waals surface area contributed by atoms with Crippen LogP contribution in [0.25, 0.3) is 0 Å². The Hall–Kier alpha value is -1.21. The molecule has 104 valence electrons. The zero-order valence-electron chi connectivity index (χ0n) is 10.8. The highest BCUT2D eigenvalue weighted by molar-refractivity contribution is 7.91. The van der Waals surface area contributed by atoms with Crippen LogP contribution in [-0.4, -0.2) is 43.0 Å². The van der Waals surface area contributed by atoms with Gasteiger partial charge in [-0.3, -0.25) is 0 Å². The van der Waals surface area contributed by atoms with Crippen LogP contribution in [0.3, 0.4) is 0 Å². The summed E-state index contributed by atoms with van der Waals surface area (Å²) in [6.07, 6.45) is 0.606. The summed E-state index contributed by atoms with van der Waals surface area (Å²) in [4.78, 5) is 6.72. The third-order valence-corrected chi connectivity index (χ3v) is 5.07. The van der Waals surface area contributed by atoms with Crippen LogP contribution in [0.2, 0.25) is 0 Å². The zero-order chi connectivity index (χ0) is 14.0. The molecule has 0 aliphatic carbocycles. The minimum atomic E-state index is -2.94. The third-order valence-electron chi connectivity index (χ3n) is 3.13. The number of nitrogens with zero attached hydrogens (tertiary/aromatic N) is 2. The van der Waals surface area contributed by atoms with Crippen molar-refractivity contribution in [3.8, 4) is 0 Å². The summed E-state index contributed by atoms with van der Waals surface area (Å²) in [6, 6.07) is 3.70. The summed E-state index contributed by atoms with van der Waals surface area (Å²) in [5, 5.41) is 0. The van der Waals surface area contributed by atoms with Crippen molar-refractivity contribution in [2.75, 3.05) is 29.5 Å². The molecule has 2 N–H and O–H groups in total. The molecule has 0 atom stereocenters. The van der Waals surface area contributed by atoms with Crippen LogP contribution >= 0.6 is 12.2 Å². The molecule has 1 aromatic heterocycles. The normalized spacial score (nSPS) is 18.9. The molecule has 1 aliphatic rings. The Bertz CT molecular complexity index is 599. The number of sulfone groups is 1. The number of hydrogen-bond acceptors (Lipinski definition) is 5. The first-order chi connectivity index (χ1) is 8.89. The first-order valence-electron chi connectivity index (χ1n) is 6.12. The summed E-state index contributed by atoms with van der Waals surface area (Å²) in [5.74, 6) is 1.08.